The number of nitrogens with one attached hydrogen (secondary N) is 1. The van der Waals surface area contributed by atoms with Crippen LogP contribution in [-0.4, -0.2) is 15.6 Å². The lowest BCUT2D eigenvalue weighted by molar-refractivity contribution is 0.559. The maximum atomic E-state index is 4.40. The first-order valence-corrected chi connectivity index (χ1v) is 6.50. The second-order valence-corrected chi connectivity index (χ2v) is 5.18. The number of aromatic nitrogens is 2. The van der Waals surface area contributed by atoms with E-state index in [1.165, 1.54) is 25.7 Å². The van der Waals surface area contributed by atoms with Gasteiger partial charge < -0.3 is 9.88 Å². The van der Waals surface area contributed by atoms with E-state index in [2.05, 4.69) is 41.8 Å². The Morgan fingerprint density at radius 1 is 1.50 bits per heavy atom. The maximum Gasteiger partial charge on any atom is 0.203 e. The van der Waals surface area contributed by atoms with Crippen molar-refractivity contribution >= 4 is 5.95 Å². The molecule has 2 rings (SSSR count). The van der Waals surface area contributed by atoms with Crippen LogP contribution >= 0.6 is 0 Å². The van der Waals surface area contributed by atoms with Crippen molar-refractivity contribution < 1.29 is 0 Å². The molecule has 0 aromatic carbocycles. The van der Waals surface area contributed by atoms with Crippen LogP contribution in [0.2, 0.25) is 0 Å². The summed E-state index contributed by atoms with van der Waals surface area (Å²) in [5, 5.41) is 3.58. The molecule has 0 amide bonds. The smallest absolute Gasteiger partial charge is 0.203 e. The Balaban J connectivity index is 1.97. The number of nitrogens with zero attached hydrogens (tertiary/aromatic N) is 2. The van der Waals surface area contributed by atoms with E-state index in [-0.39, 0.29) is 0 Å². The molecular weight excluding hydrogens is 198 g/mol. The van der Waals surface area contributed by atoms with E-state index in [9.17, 15) is 0 Å². The number of imidazole rings is 1. The molecule has 0 aliphatic heterocycles. The fraction of sp³-hybridized carbons (Fsp3) is 0.769. The topological polar surface area (TPSA) is 29.9 Å². The molecule has 1 fully saturated rings. The van der Waals surface area contributed by atoms with E-state index >= 15 is 0 Å². The average Bonchev–Trinajstić information content (AvgIpc) is 2.93. The van der Waals surface area contributed by atoms with Gasteiger partial charge in [0.25, 0.3) is 0 Å². The molecule has 1 atom stereocenters. The fourth-order valence-corrected chi connectivity index (χ4v) is 2.11. The molecule has 1 unspecified atom stereocenters. The Morgan fingerprint density at radius 3 is 2.81 bits per heavy atom. The number of rotatable bonds is 6. The zero-order valence-corrected chi connectivity index (χ0v) is 10.6. The molecular formula is C13H23N3. The monoisotopic (exact) mass is 221 g/mol. The Kier molecular flexibility index (Phi) is 3.52. The lowest BCUT2D eigenvalue weighted by Crippen LogP contribution is -2.22. The van der Waals surface area contributed by atoms with Crippen LogP contribution in [0.1, 0.15) is 52.5 Å². The maximum absolute atomic E-state index is 4.40. The van der Waals surface area contributed by atoms with Crippen LogP contribution in [0.15, 0.2) is 12.4 Å². The molecule has 90 valence electrons. The first-order valence-electron chi connectivity index (χ1n) is 6.50. The van der Waals surface area contributed by atoms with Gasteiger partial charge in [0.05, 0.1) is 0 Å². The number of anilines is 1. The van der Waals surface area contributed by atoms with Gasteiger partial charge in [0.1, 0.15) is 0 Å². The standard InChI is InChI=1S/C13H23N3/c1-4-12(9-11-5-6-11)15-13-14-7-8-16(13)10(2)3/h7-8,10-12H,4-6,9H2,1-3H3,(H,14,15). The van der Waals surface area contributed by atoms with E-state index in [1.807, 2.05) is 6.20 Å². The van der Waals surface area contributed by atoms with E-state index in [4.69, 9.17) is 0 Å². The van der Waals surface area contributed by atoms with Gasteiger partial charge in [-0.15, -0.1) is 0 Å². The lowest BCUT2D eigenvalue weighted by atomic mass is 10.1. The van der Waals surface area contributed by atoms with Crippen molar-refractivity contribution in [3.63, 3.8) is 0 Å². The van der Waals surface area contributed by atoms with Crippen LogP contribution < -0.4 is 5.32 Å². The molecule has 0 spiro atoms. The molecule has 3 nitrogen and oxygen atoms in total. The van der Waals surface area contributed by atoms with Gasteiger partial charge in [0.15, 0.2) is 0 Å². The molecule has 1 aliphatic rings. The normalized spacial score (nSPS) is 17.8. The van der Waals surface area contributed by atoms with Crippen LogP contribution in [-0.2, 0) is 0 Å². The van der Waals surface area contributed by atoms with Crippen LogP contribution in [0.4, 0.5) is 5.95 Å². The number of hydrogen-bond acceptors (Lipinski definition) is 2. The zero-order chi connectivity index (χ0) is 11.5. The van der Waals surface area contributed by atoms with Gasteiger partial charge in [-0.2, -0.15) is 0 Å². The summed E-state index contributed by atoms with van der Waals surface area (Å²) in [5.41, 5.74) is 0. The van der Waals surface area contributed by atoms with Crippen molar-refractivity contribution in [3.8, 4) is 0 Å². The Hall–Kier alpha value is -0.990. The predicted octanol–water partition coefficient (Wildman–Crippen LogP) is 3.45. The summed E-state index contributed by atoms with van der Waals surface area (Å²) < 4.78 is 2.20. The van der Waals surface area contributed by atoms with Gasteiger partial charge in [-0.25, -0.2) is 4.98 Å². The minimum absolute atomic E-state index is 0.475. The molecule has 3 heteroatoms. The van der Waals surface area contributed by atoms with Gasteiger partial charge in [-0.05, 0) is 32.6 Å². The highest BCUT2D eigenvalue weighted by Gasteiger charge is 2.25. The van der Waals surface area contributed by atoms with Crippen molar-refractivity contribution in [2.45, 2.75) is 58.5 Å². The minimum Gasteiger partial charge on any atom is -0.353 e. The summed E-state index contributed by atoms with van der Waals surface area (Å²) in [5.74, 6) is 2.00. The lowest BCUT2D eigenvalue weighted by Gasteiger charge is -2.19. The van der Waals surface area contributed by atoms with Crippen molar-refractivity contribution in [3.05, 3.63) is 12.4 Å². The van der Waals surface area contributed by atoms with E-state index < -0.39 is 0 Å². The first kappa shape index (κ1) is 11.5. The summed E-state index contributed by atoms with van der Waals surface area (Å²) in [7, 11) is 0. The van der Waals surface area contributed by atoms with Crippen LogP contribution in [0.3, 0.4) is 0 Å². The van der Waals surface area contributed by atoms with Crippen molar-refractivity contribution in [2.24, 2.45) is 5.92 Å². The van der Waals surface area contributed by atoms with Crippen molar-refractivity contribution in [1.82, 2.24) is 9.55 Å². The zero-order valence-electron chi connectivity index (χ0n) is 10.6. The highest BCUT2D eigenvalue weighted by molar-refractivity contribution is 5.28. The quantitative estimate of drug-likeness (QED) is 0.797. The molecule has 0 bridgehead atoms. The molecule has 16 heavy (non-hydrogen) atoms. The van der Waals surface area contributed by atoms with Gasteiger partial charge in [0.2, 0.25) is 5.95 Å². The summed E-state index contributed by atoms with van der Waals surface area (Å²) >= 11 is 0. The molecule has 1 aliphatic carbocycles. The SMILES string of the molecule is CCC(CC1CC1)Nc1nccn1C(C)C. The van der Waals surface area contributed by atoms with Gasteiger partial charge in [-0.3, -0.25) is 0 Å². The van der Waals surface area contributed by atoms with E-state index in [0.717, 1.165) is 11.9 Å². The van der Waals surface area contributed by atoms with Gasteiger partial charge >= 0.3 is 0 Å². The Labute approximate surface area is 98.3 Å². The summed E-state index contributed by atoms with van der Waals surface area (Å²) in [6, 6.07) is 1.07. The van der Waals surface area contributed by atoms with Crippen LogP contribution in [0.5, 0.6) is 0 Å². The number of hydrogen-bond donors (Lipinski definition) is 1. The molecule has 1 heterocycles. The van der Waals surface area contributed by atoms with Crippen molar-refractivity contribution in [1.29, 1.82) is 0 Å². The highest BCUT2D eigenvalue weighted by atomic mass is 15.2. The third-order valence-electron chi connectivity index (χ3n) is 3.37. The third kappa shape index (κ3) is 2.77. The highest BCUT2D eigenvalue weighted by Crippen LogP contribution is 2.34. The summed E-state index contributed by atoms with van der Waals surface area (Å²) in [6.07, 6.45) is 9.28. The molecule has 1 N–H and O–H groups in total. The largest absolute Gasteiger partial charge is 0.353 e. The average molecular weight is 221 g/mol. The first-order chi connectivity index (χ1) is 7.70. The van der Waals surface area contributed by atoms with Gasteiger partial charge in [-0.1, -0.05) is 19.8 Å². The molecule has 0 radical (unpaired) electrons. The summed E-state index contributed by atoms with van der Waals surface area (Å²) in [6.45, 7) is 6.63. The van der Waals surface area contributed by atoms with Gasteiger partial charge in [0, 0.05) is 24.5 Å². The molecule has 1 aromatic heterocycles. The minimum atomic E-state index is 0.475. The van der Waals surface area contributed by atoms with E-state index in [1.54, 1.807) is 0 Å². The van der Waals surface area contributed by atoms with Crippen molar-refractivity contribution in [2.75, 3.05) is 5.32 Å². The second-order valence-electron chi connectivity index (χ2n) is 5.18. The Morgan fingerprint density at radius 2 is 2.25 bits per heavy atom. The molecule has 0 saturated heterocycles. The van der Waals surface area contributed by atoms with Crippen LogP contribution in [0, 0.1) is 5.92 Å². The molecule has 1 aromatic rings. The second kappa shape index (κ2) is 4.89. The third-order valence-corrected chi connectivity index (χ3v) is 3.37. The van der Waals surface area contributed by atoms with E-state index in [0.29, 0.717) is 12.1 Å². The molecule has 1 saturated carbocycles. The predicted molar refractivity (Wildman–Crippen MR) is 67.7 cm³/mol. The van der Waals surface area contributed by atoms with Crippen LogP contribution in [0.25, 0.3) is 0 Å². The fourth-order valence-electron chi connectivity index (χ4n) is 2.11. The summed E-state index contributed by atoms with van der Waals surface area (Å²) in [4.78, 5) is 4.40. The Bertz CT molecular complexity index is 326.